The van der Waals surface area contributed by atoms with Crippen molar-refractivity contribution in [1.29, 1.82) is 0 Å². The van der Waals surface area contributed by atoms with Crippen LogP contribution < -0.4 is 21.7 Å². The minimum absolute atomic E-state index is 0. The van der Waals surface area contributed by atoms with Gasteiger partial charge in [0.1, 0.15) is 12.2 Å². The molecule has 0 aromatic rings. The molecule has 0 saturated heterocycles. The molecule has 4 N–H and O–H groups in total. The number of nitrogens with two attached hydrogens (primary N) is 2. The third-order valence-electron chi connectivity index (χ3n) is 0. The van der Waals surface area contributed by atoms with Crippen LogP contribution in [-0.4, -0.2) is 12.2 Å². The van der Waals surface area contributed by atoms with E-state index in [4.69, 9.17) is 19.8 Å². The predicted octanol–water partition coefficient (Wildman–Crippen LogP) is -3.43. The first-order chi connectivity index (χ1) is 3.46. The Kier molecular flexibility index (Phi) is 17.7. The van der Waals surface area contributed by atoms with Gasteiger partial charge < -0.3 is 31.3 Å². The molecule has 0 aromatic heterocycles. The Balaban J connectivity index is -0.0000000720. The average Bonchev–Trinajstić information content (AvgIpc) is 1.25. The molecule has 0 bridgehead atoms. The molecule has 0 saturated carbocycles. The summed E-state index contributed by atoms with van der Waals surface area (Å²) in [4.78, 5) is 17.3. The SMILES string of the molecule is NC(=O)[O-].NC(=O)[O-].[Fe+2]. The maximum Gasteiger partial charge on any atom is 2.00 e. The molecular formula is C2H4FeN2O4. The van der Waals surface area contributed by atoms with Crippen LogP contribution in [0.5, 0.6) is 0 Å². The van der Waals surface area contributed by atoms with Crippen molar-refractivity contribution in [3.8, 4) is 0 Å². The fourth-order valence-electron chi connectivity index (χ4n) is 0. The zero-order chi connectivity index (χ0) is 7.15. The molecule has 0 atom stereocenters. The Morgan fingerprint density at radius 3 is 1.00 bits per heavy atom. The third kappa shape index (κ3) is 204. The summed E-state index contributed by atoms with van der Waals surface area (Å²) in [5.41, 5.74) is 7.83. The van der Waals surface area contributed by atoms with Crippen LogP contribution in [0.4, 0.5) is 9.59 Å². The van der Waals surface area contributed by atoms with Gasteiger partial charge in [0.15, 0.2) is 0 Å². The number of amides is 2. The summed E-state index contributed by atoms with van der Waals surface area (Å²) in [6.07, 6.45) is -3.17. The van der Waals surface area contributed by atoms with Gasteiger partial charge in [-0.05, 0) is 0 Å². The Morgan fingerprint density at radius 2 is 1.00 bits per heavy atom. The second-order valence-corrected chi connectivity index (χ2v) is 0.638. The van der Waals surface area contributed by atoms with Crippen LogP contribution in [0.25, 0.3) is 0 Å². The summed E-state index contributed by atoms with van der Waals surface area (Å²) in [6, 6.07) is 0. The molecule has 0 radical (unpaired) electrons. The van der Waals surface area contributed by atoms with Gasteiger partial charge in [-0.15, -0.1) is 0 Å². The van der Waals surface area contributed by atoms with E-state index in [1.807, 2.05) is 0 Å². The van der Waals surface area contributed by atoms with Crippen molar-refractivity contribution < 1.29 is 36.9 Å². The molecule has 0 aliphatic heterocycles. The summed E-state index contributed by atoms with van der Waals surface area (Å²) >= 11 is 0. The van der Waals surface area contributed by atoms with Crippen molar-refractivity contribution >= 4 is 12.2 Å². The Labute approximate surface area is 61.3 Å². The van der Waals surface area contributed by atoms with E-state index in [2.05, 4.69) is 11.5 Å². The summed E-state index contributed by atoms with van der Waals surface area (Å²) in [6.45, 7) is 0. The molecule has 54 valence electrons. The molecule has 0 heterocycles. The van der Waals surface area contributed by atoms with Crippen molar-refractivity contribution in [3.05, 3.63) is 0 Å². The predicted molar refractivity (Wildman–Crippen MR) is 19.2 cm³/mol. The van der Waals surface area contributed by atoms with Gasteiger partial charge in [0.25, 0.3) is 0 Å². The average molecular weight is 176 g/mol. The smallest absolute Gasteiger partial charge is 0.530 e. The normalized spacial score (nSPS) is 5.33. The van der Waals surface area contributed by atoms with Gasteiger partial charge in [0.05, 0.1) is 0 Å². The molecule has 0 unspecified atom stereocenters. The maximum absolute atomic E-state index is 8.67. The van der Waals surface area contributed by atoms with Crippen LogP contribution in [0.1, 0.15) is 0 Å². The van der Waals surface area contributed by atoms with E-state index in [-0.39, 0.29) is 17.1 Å². The Morgan fingerprint density at radius 1 is 1.00 bits per heavy atom. The van der Waals surface area contributed by atoms with Crippen LogP contribution in [0.15, 0.2) is 0 Å². The van der Waals surface area contributed by atoms with Gasteiger partial charge in [-0.25, -0.2) is 0 Å². The molecule has 2 amide bonds. The molecule has 9 heavy (non-hydrogen) atoms. The topological polar surface area (TPSA) is 132 Å². The van der Waals surface area contributed by atoms with E-state index in [1.54, 1.807) is 0 Å². The van der Waals surface area contributed by atoms with Crippen molar-refractivity contribution in [3.63, 3.8) is 0 Å². The van der Waals surface area contributed by atoms with Crippen molar-refractivity contribution in [2.75, 3.05) is 0 Å². The van der Waals surface area contributed by atoms with Crippen LogP contribution in [0.3, 0.4) is 0 Å². The van der Waals surface area contributed by atoms with Gasteiger partial charge in [-0.3, -0.25) is 0 Å². The molecule has 0 rings (SSSR count). The van der Waals surface area contributed by atoms with E-state index in [0.29, 0.717) is 0 Å². The van der Waals surface area contributed by atoms with Gasteiger partial charge in [-0.1, -0.05) is 0 Å². The minimum Gasteiger partial charge on any atom is -0.530 e. The van der Waals surface area contributed by atoms with E-state index < -0.39 is 12.2 Å². The first kappa shape index (κ1) is 15.7. The van der Waals surface area contributed by atoms with Crippen molar-refractivity contribution in [2.45, 2.75) is 0 Å². The monoisotopic (exact) mass is 176 g/mol. The second kappa shape index (κ2) is 10.1. The fourth-order valence-corrected chi connectivity index (χ4v) is 0. The molecule has 0 fully saturated rings. The summed E-state index contributed by atoms with van der Waals surface area (Å²) in [5.74, 6) is 0. The van der Waals surface area contributed by atoms with Crippen LogP contribution in [0.2, 0.25) is 0 Å². The number of hydrogen-bond donors (Lipinski definition) is 2. The molecule has 7 heteroatoms. The largest absolute Gasteiger partial charge is 2.00 e. The van der Waals surface area contributed by atoms with Crippen molar-refractivity contribution in [2.24, 2.45) is 11.5 Å². The zero-order valence-corrected chi connectivity index (χ0v) is 5.25. The Hall–Kier alpha value is -0.941. The zero-order valence-electron chi connectivity index (χ0n) is 4.14. The van der Waals surface area contributed by atoms with Gasteiger partial charge in [-0.2, -0.15) is 0 Å². The first-order valence-corrected chi connectivity index (χ1v) is 1.39. The molecule has 0 spiro atoms. The van der Waals surface area contributed by atoms with E-state index in [9.17, 15) is 0 Å². The number of carbonyl (C=O) groups is 2. The summed E-state index contributed by atoms with van der Waals surface area (Å²) < 4.78 is 0. The quantitative estimate of drug-likeness (QED) is 0.371. The molecule has 6 nitrogen and oxygen atoms in total. The van der Waals surface area contributed by atoms with E-state index in [0.717, 1.165) is 0 Å². The molecule has 0 aromatic carbocycles. The number of carboxylic acid groups (broad SMARTS) is 2. The maximum atomic E-state index is 8.67. The second-order valence-electron chi connectivity index (χ2n) is 0.638. The van der Waals surface area contributed by atoms with Crippen LogP contribution >= 0.6 is 0 Å². The Bertz CT molecular complexity index is 74.6. The van der Waals surface area contributed by atoms with E-state index >= 15 is 0 Å². The third-order valence-corrected chi connectivity index (χ3v) is 0. The summed E-state index contributed by atoms with van der Waals surface area (Å²) in [7, 11) is 0. The number of hydrogen-bond acceptors (Lipinski definition) is 4. The molecular weight excluding hydrogens is 172 g/mol. The number of carbonyl (C=O) groups excluding carboxylic acids is 2. The van der Waals surface area contributed by atoms with E-state index in [1.165, 1.54) is 0 Å². The summed E-state index contributed by atoms with van der Waals surface area (Å²) in [5, 5.41) is 17.3. The standard InChI is InChI=1S/2CH3NO2.Fe/c2*2-1(3)4;/h2*2H2,(H,3,4);/q;;+2/p-2. The number of primary amides is 2. The van der Waals surface area contributed by atoms with Gasteiger partial charge >= 0.3 is 17.1 Å². The van der Waals surface area contributed by atoms with Gasteiger partial charge in [0.2, 0.25) is 0 Å². The molecule has 0 aliphatic carbocycles. The molecule has 0 aliphatic rings. The van der Waals surface area contributed by atoms with Gasteiger partial charge in [0, 0.05) is 0 Å². The first-order valence-electron chi connectivity index (χ1n) is 1.39. The number of rotatable bonds is 0. The minimum atomic E-state index is -1.58. The van der Waals surface area contributed by atoms with Crippen LogP contribution in [-0.2, 0) is 17.1 Å². The van der Waals surface area contributed by atoms with Crippen molar-refractivity contribution in [1.82, 2.24) is 0 Å². The fraction of sp³-hybridized carbons (Fsp3) is 0. The van der Waals surface area contributed by atoms with Crippen LogP contribution in [0, 0.1) is 0 Å².